The van der Waals surface area contributed by atoms with Crippen LogP contribution < -0.4 is 0 Å². The van der Waals surface area contributed by atoms with Gasteiger partial charge in [0.2, 0.25) is 0 Å². The fourth-order valence-electron chi connectivity index (χ4n) is 2.85. The van der Waals surface area contributed by atoms with Gasteiger partial charge in [0.1, 0.15) is 5.60 Å². The number of carbonyl (C=O) groups excluding carboxylic acids is 1. The van der Waals surface area contributed by atoms with Gasteiger partial charge in [-0.25, -0.2) is 4.79 Å². The Bertz CT molecular complexity index is 609. The third-order valence-electron chi connectivity index (χ3n) is 4.30. The topological polar surface area (TPSA) is 32.8 Å². The lowest BCUT2D eigenvalue weighted by molar-refractivity contribution is 0.00694. The zero-order valence-electron chi connectivity index (χ0n) is 16.3. The Morgan fingerprint density at radius 3 is 2.48 bits per heavy atom. The molecule has 4 heteroatoms. The number of allylic oxidation sites excluding steroid dienone is 1. The molecule has 1 fully saturated rings. The van der Waals surface area contributed by atoms with E-state index in [9.17, 15) is 4.79 Å². The smallest absolute Gasteiger partial charge is 0.338 e. The van der Waals surface area contributed by atoms with Crippen molar-refractivity contribution in [3.63, 3.8) is 0 Å². The van der Waals surface area contributed by atoms with E-state index in [4.69, 9.17) is 4.74 Å². The van der Waals surface area contributed by atoms with Crippen LogP contribution >= 0.6 is 0 Å². The van der Waals surface area contributed by atoms with Crippen LogP contribution in [-0.2, 0) is 11.3 Å². The normalized spacial score (nSPS) is 17.2. The molecule has 0 aromatic heterocycles. The molecule has 0 bridgehead atoms. The highest BCUT2D eigenvalue weighted by atomic mass is 16.6. The first kappa shape index (κ1) is 19.7. The maximum Gasteiger partial charge on any atom is 0.338 e. The summed E-state index contributed by atoms with van der Waals surface area (Å²) in [6.45, 7) is 13.1. The van der Waals surface area contributed by atoms with Crippen molar-refractivity contribution in [2.24, 2.45) is 0 Å². The van der Waals surface area contributed by atoms with Crippen LogP contribution in [0.4, 0.5) is 0 Å². The van der Waals surface area contributed by atoms with Crippen LogP contribution in [0.1, 0.15) is 55.6 Å². The van der Waals surface area contributed by atoms with Gasteiger partial charge < -0.3 is 9.64 Å². The number of likely N-dealkylation sites (N-methyl/N-ethyl adjacent to an activating group) is 1. The first-order chi connectivity index (χ1) is 11.8. The van der Waals surface area contributed by atoms with Gasteiger partial charge in [-0.1, -0.05) is 25.1 Å². The first-order valence-corrected chi connectivity index (χ1v) is 9.22. The van der Waals surface area contributed by atoms with Crippen LogP contribution in [0.5, 0.6) is 0 Å². The van der Waals surface area contributed by atoms with Crippen molar-refractivity contribution in [2.45, 2.75) is 46.3 Å². The summed E-state index contributed by atoms with van der Waals surface area (Å²) in [5.41, 5.74) is 2.52. The van der Waals surface area contributed by atoms with Gasteiger partial charge in [0.15, 0.2) is 0 Å². The molecular formula is C21H32N2O2. The van der Waals surface area contributed by atoms with E-state index in [1.165, 1.54) is 5.56 Å². The van der Waals surface area contributed by atoms with Crippen molar-refractivity contribution in [3.8, 4) is 0 Å². The van der Waals surface area contributed by atoms with Gasteiger partial charge in [0, 0.05) is 32.7 Å². The molecule has 1 heterocycles. The Kier molecular flexibility index (Phi) is 6.79. The molecule has 1 saturated heterocycles. The van der Waals surface area contributed by atoms with E-state index in [1.807, 2.05) is 32.9 Å². The summed E-state index contributed by atoms with van der Waals surface area (Å²) in [7, 11) is 2.17. The molecule has 0 atom stereocenters. The maximum atomic E-state index is 12.4. The maximum absolute atomic E-state index is 12.4. The molecule has 4 nitrogen and oxygen atoms in total. The highest BCUT2D eigenvalue weighted by Crippen LogP contribution is 2.20. The summed E-state index contributed by atoms with van der Waals surface area (Å²) in [6, 6.07) is 5.93. The van der Waals surface area contributed by atoms with Crippen molar-refractivity contribution in [1.29, 1.82) is 0 Å². The first-order valence-electron chi connectivity index (χ1n) is 9.22. The van der Waals surface area contributed by atoms with Gasteiger partial charge in [-0.15, -0.1) is 0 Å². The van der Waals surface area contributed by atoms with Crippen LogP contribution in [0.15, 0.2) is 24.3 Å². The second-order valence-corrected chi connectivity index (χ2v) is 7.81. The number of benzene rings is 1. The highest BCUT2D eigenvalue weighted by Gasteiger charge is 2.19. The molecule has 1 aromatic carbocycles. The molecule has 0 aliphatic carbocycles. The van der Waals surface area contributed by atoms with Crippen molar-refractivity contribution >= 4 is 12.0 Å². The molecular weight excluding hydrogens is 312 g/mol. The van der Waals surface area contributed by atoms with Crippen LogP contribution in [-0.4, -0.2) is 54.6 Å². The minimum atomic E-state index is -0.477. The second-order valence-electron chi connectivity index (χ2n) is 7.81. The monoisotopic (exact) mass is 344 g/mol. The number of hydrogen-bond donors (Lipinski definition) is 0. The van der Waals surface area contributed by atoms with E-state index in [-0.39, 0.29) is 5.97 Å². The van der Waals surface area contributed by atoms with Crippen LogP contribution in [0.3, 0.4) is 0 Å². The fourth-order valence-corrected chi connectivity index (χ4v) is 2.85. The molecule has 1 aliphatic rings. The molecule has 2 rings (SSSR count). The number of rotatable bonds is 5. The fraction of sp³-hybridized carbons (Fsp3) is 0.571. The molecule has 0 unspecified atom stereocenters. The third kappa shape index (κ3) is 6.29. The molecule has 0 amide bonds. The van der Waals surface area contributed by atoms with E-state index in [1.54, 1.807) is 0 Å². The van der Waals surface area contributed by atoms with Crippen molar-refractivity contribution in [2.75, 3.05) is 33.2 Å². The summed E-state index contributed by atoms with van der Waals surface area (Å²) < 4.78 is 5.51. The Morgan fingerprint density at radius 1 is 1.20 bits per heavy atom. The zero-order chi connectivity index (χ0) is 18.4. The Labute approximate surface area is 152 Å². The number of carbonyl (C=O) groups is 1. The number of ether oxygens (including phenoxy) is 1. The Hall–Kier alpha value is -1.65. The largest absolute Gasteiger partial charge is 0.456 e. The molecule has 1 aromatic rings. The molecule has 0 spiro atoms. The predicted molar refractivity (Wildman–Crippen MR) is 104 cm³/mol. The van der Waals surface area contributed by atoms with E-state index in [2.05, 4.69) is 42.0 Å². The molecule has 138 valence electrons. The molecule has 25 heavy (non-hydrogen) atoms. The van der Waals surface area contributed by atoms with E-state index >= 15 is 0 Å². The van der Waals surface area contributed by atoms with E-state index in [0.717, 1.165) is 44.7 Å². The lowest BCUT2D eigenvalue weighted by Gasteiger charge is -2.32. The SMILES string of the molecule is CC/C=C/c1cc(C(=O)OC(C)(C)C)ccc1CN1CCN(C)CC1. The van der Waals surface area contributed by atoms with Gasteiger partial charge in [0.05, 0.1) is 5.56 Å². The van der Waals surface area contributed by atoms with Crippen LogP contribution in [0, 0.1) is 0 Å². The quantitative estimate of drug-likeness (QED) is 0.761. The minimum absolute atomic E-state index is 0.259. The number of nitrogens with zero attached hydrogens (tertiary/aromatic N) is 2. The lowest BCUT2D eigenvalue weighted by Crippen LogP contribution is -2.43. The summed E-state index contributed by atoms with van der Waals surface area (Å²) in [6.07, 6.45) is 5.24. The van der Waals surface area contributed by atoms with E-state index < -0.39 is 5.60 Å². The predicted octanol–water partition coefficient (Wildman–Crippen LogP) is 3.81. The highest BCUT2D eigenvalue weighted by molar-refractivity contribution is 5.90. The molecule has 1 aliphatic heterocycles. The zero-order valence-corrected chi connectivity index (χ0v) is 16.3. The van der Waals surface area contributed by atoms with Crippen LogP contribution in [0.2, 0.25) is 0 Å². The van der Waals surface area contributed by atoms with Gasteiger partial charge in [0.25, 0.3) is 0 Å². The van der Waals surface area contributed by atoms with Crippen molar-refractivity contribution in [3.05, 3.63) is 41.0 Å². The Morgan fingerprint density at radius 2 is 1.88 bits per heavy atom. The van der Waals surface area contributed by atoms with Crippen molar-refractivity contribution < 1.29 is 9.53 Å². The van der Waals surface area contributed by atoms with Crippen LogP contribution in [0.25, 0.3) is 6.08 Å². The number of esters is 1. The second kappa shape index (κ2) is 8.63. The van der Waals surface area contributed by atoms with Gasteiger partial charge in [-0.05, 0) is 57.5 Å². The summed E-state index contributed by atoms with van der Waals surface area (Å²) in [5, 5.41) is 0. The lowest BCUT2D eigenvalue weighted by atomic mass is 10.0. The Balaban J connectivity index is 2.18. The standard InChI is InChI=1S/C21H32N2O2/c1-6-7-8-17-15-18(20(24)25-21(2,3)4)9-10-19(17)16-23-13-11-22(5)12-14-23/h7-10,15H,6,11-14,16H2,1-5H3/b8-7+. The molecule has 0 N–H and O–H groups in total. The molecule has 0 saturated carbocycles. The van der Waals surface area contributed by atoms with E-state index in [0.29, 0.717) is 5.56 Å². The van der Waals surface area contributed by atoms with Gasteiger partial charge in [-0.2, -0.15) is 0 Å². The van der Waals surface area contributed by atoms with Crippen molar-refractivity contribution in [1.82, 2.24) is 9.80 Å². The minimum Gasteiger partial charge on any atom is -0.456 e. The number of piperazine rings is 1. The number of hydrogen-bond acceptors (Lipinski definition) is 4. The third-order valence-corrected chi connectivity index (χ3v) is 4.30. The summed E-state index contributed by atoms with van der Waals surface area (Å²) in [4.78, 5) is 17.2. The molecule has 0 radical (unpaired) electrons. The van der Waals surface area contributed by atoms with Gasteiger partial charge in [-0.3, -0.25) is 4.90 Å². The van der Waals surface area contributed by atoms with Gasteiger partial charge >= 0.3 is 5.97 Å². The summed E-state index contributed by atoms with van der Waals surface area (Å²) >= 11 is 0. The average Bonchev–Trinajstić information content (AvgIpc) is 2.54. The average molecular weight is 344 g/mol. The summed E-state index contributed by atoms with van der Waals surface area (Å²) in [5.74, 6) is -0.259.